The monoisotopic (exact) mass is 427 g/mol. The van der Waals surface area contributed by atoms with Crippen molar-refractivity contribution in [2.75, 3.05) is 16.0 Å². The molecule has 0 amide bonds. The van der Waals surface area contributed by atoms with Crippen molar-refractivity contribution < 1.29 is 0 Å². The maximum Gasteiger partial charge on any atom is 0.253 e. The first-order chi connectivity index (χ1) is 15.4. The second-order valence-corrected chi connectivity index (χ2v) is 8.04. The average molecular weight is 428 g/mol. The molecule has 3 N–H and O–H groups in total. The van der Waals surface area contributed by atoms with Crippen molar-refractivity contribution >= 4 is 28.8 Å². The first-order valence-corrected chi connectivity index (χ1v) is 10.5. The molecular formula is C25H25N5O2. The van der Waals surface area contributed by atoms with Gasteiger partial charge in [0.25, 0.3) is 10.9 Å². The summed E-state index contributed by atoms with van der Waals surface area (Å²) < 4.78 is 0. The van der Waals surface area contributed by atoms with E-state index in [1.54, 1.807) is 12.3 Å². The zero-order valence-corrected chi connectivity index (χ0v) is 18.2. The normalized spacial score (nSPS) is 12.0. The van der Waals surface area contributed by atoms with Crippen molar-refractivity contribution in [3.63, 3.8) is 0 Å². The lowest BCUT2D eigenvalue weighted by Crippen LogP contribution is -2.39. The SMILES string of the molecule is CC(C)C(C)Nc1c(Nc2ccnc(Nc3ccc(-c4ccccc4)cc3)n2)c(=O)c1=O. The maximum atomic E-state index is 12.1. The summed E-state index contributed by atoms with van der Waals surface area (Å²) in [5.74, 6) is 1.12. The number of nitrogens with zero attached hydrogens (tertiary/aromatic N) is 2. The van der Waals surface area contributed by atoms with Crippen molar-refractivity contribution in [2.24, 2.45) is 5.92 Å². The molecule has 4 rings (SSSR count). The van der Waals surface area contributed by atoms with Gasteiger partial charge in [0.2, 0.25) is 5.95 Å². The van der Waals surface area contributed by atoms with Crippen LogP contribution in [0.2, 0.25) is 0 Å². The Kier molecular flexibility index (Phi) is 5.98. The lowest BCUT2D eigenvalue weighted by molar-refractivity contribution is 0.559. The number of rotatable bonds is 8. The predicted molar refractivity (Wildman–Crippen MR) is 130 cm³/mol. The molecule has 3 aromatic carbocycles. The van der Waals surface area contributed by atoms with Gasteiger partial charge in [0.15, 0.2) is 0 Å². The molecule has 1 heterocycles. The molecule has 0 aliphatic rings. The van der Waals surface area contributed by atoms with Gasteiger partial charge in [-0.15, -0.1) is 0 Å². The fourth-order valence-electron chi connectivity index (χ4n) is 3.17. The Morgan fingerprint density at radius 1 is 0.750 bits per heavy atom. The van der Waals surface area contributed by atoms with Crippen LogP contribution in [0.5, 0.6) is 0 Å². The number of hydrogen-bond donors (Lipinski definition) is 3. The summed E-state index contributed by atoms with van der Waals surface area (Å²) in [5.41, 5.74) is 2.58. The van der Waals surface area contributed by atoms with E-state index in [0.29, 0.717) is 23.4 Å². The predicted octanol–water partition coefficient (Wildman–Crippen LogP) is 4.68. The Hall–Kier alpha value is -4.00. The zero-order valence-electron chi connectivity index (χ0n) is 18.2. The van der Waals surface area contributed by atoms with E-state index in [4.69, 9.17) is 0 Å². The number of aromatic nitrogens is 2. The quantitative estimate of drug-likeness (QED) is 0.351. The summed E-state index contributed by atoms with van der Waals surface area (Å²) >= 11 is 0. The van der Waals surface area contributed by atoms with Crippen LogP contribution in [-0.4, -0.2) is 16.0 Å². The number of hydrogen-bond acceptors (Lipinski definition) is 7. The minimum absolute atomic E-state index is 0.0559. The molecule has 162 valence electrons. The van der Waals surface area contributed by atoms with E-state index in [1.807, 2.05) is 63.2 Å². The molecule has 1 atom stereocenters. The van der Waals surface area contributed by atoms with Gasteiger partial charge in [-0.1, -0.05) is 56.3 Å². The number of anilines is 5. The summed E-state index contributed by atoms with van der Waals surface area (Å²) in [7, 11) is 0. The topological polar surface area (TPSA) is 96.0 Å². The van der Waals surface area contributed by atoms with Crippen LogP contribution in [0.1, 0.15) is 20.8 Å². The smallest absolute Gasteiger partial charge is 0.253 e. The molecule has 0 aliphatic carbocycles. The first-order valence-electron chi connectivity index (χ1n) is 10.5. The van der Waals surface area contributed by atoms with Crippen LogP contribution >= 0.6 is 0 Å². The van der Waals surface area contributed by atoms with E-state index < -0.39 is 10.9 Å². The van der Waals surface area contributed by atoms with E-state index in [9.17, 15) is 9.59 Å². The van der Waals surface area contributed by atoms with E-state index in [2.05, 4.69) is 38.1 Å². The highest BCUT2D eigenvalue weighted by Crippen LogP contribution is 2.24. The summed E-state index contributed by atoms with van der Waals surface area (Å²) in [6.45, 7) is 6.07. The molecular weight excluding hydrogens is 402 g/mol. The molecule has 0 spiro atoms. The van der Waals surface area contributed by atoms with Gasteiger partial charge in [-0.2, -0.15) is 4.98 Å². The summed E-state index contributed by atoms with van der Waals surface area (Å²) in [4.78, 5) is 32.8. The van der Waals surface area contributed by atoms with Crippen molar-refractivity contribution in [1.29, 1.82) is 0 Å². The third kappa shape index (κ3) is 4.51. The Balaban J connectivity index is 1.48. The fourth-order valence-corrected chi connectivity index (χ4v) is 3.17. The molecule has 1 aromatic heterocycles. The highest BCUT2D eigenvalue weighted by atomic mass is 16.2. The Morgan fingerprint density at radius 2 is 1.41 bits per heavy atom. The van der Waals surface area contributed by atoms with Crippen LogP contribution < -0.4 is 26.8 Å². The highest BCUT2D eigenvalue weighted by molar-refractivity contribution is 5.78. The molecule has 4 aromatic rings. The van der Waals surface area contributed by atoms with E-state index in [0.717, 1.165) is 16.8 Å². The largest absolute Gasteiger partial charge is 0.377 e. The lowest BCUT2D eigenvalue weighted by Gasteiger charge is -2.21. The van der Waals surface area contributed by atoms with E-state index in [1.165, 1.54) is 0 Å². The van der Waals surface area contributed by atoms with Crippen LogP contribution in [0.15, 0.2) is 76.4 Å². The molecule has 0 aliphatic heterocycles. The van der Waals surface area contributed by atoms with Gasteiger partial charge in [0.1, 0.15) is 17.2 Å². The lowest BCUT2D eigenvalue weighted by atomic mass is 10.0. The number of benzene rings is 2. The van der Waals surface area contributed by atoms with Gasteiger partial charge in [0, 0.05) is 17.9 Å². The minimum atomic E-state index is -0.548. The van der Waals surface area contributed by atoms with Gasteiger partial charge < -0.3 is 16.0 Å². The second-order valence-electron chi connectivity index (χ2n) is 8.04. The van der Waals surface area contributed by atoms with Crippen LogP contribution in [0.4, 0.5) is 28.8 Å². The first kappa shape index (κ1) is 21.2. The molecule has 0 saturated heterocycles. The van der Waals surface area contributed by atoms with Crippen molar-refractivity contribution in [3.8, 4) is 11.1 Å². The van der Waals surface area contributed by atoms with Crippen LogP contribution in [-0.2, 0) is 0 Å². The molecule has 32 heavy (non-hydrogen) atoms. The van der Waals surface area contributed by atoms with Gasteiger partial charge >= 0.3 is 0 Å². The molecule has 7 heteroatoms. The van der Waals surface area contributed by atoms with Crippen LogP contribution in [0, 0.1) is 5.92 Å². The summed E-state index contributed by atoms with van der Waals surface area (Å²) in [5, 5.41) is 9.26. The third-order valence-corrected chi connectivity index (χ3v) is 5.44. The molecule has 1 unspecified atom stereocenters. The third-order valence-electron chi connectivity index (χ3n) is 5.44. The molecule has 7 nitrogen and oxygen atoms in total. The van der Waals surface area contributed by atoms with Crippen molar-refractivity contribution in [3.05, 3.63) is 87.3 Å². The minimum Gasteiger partial charge on any atom is -0.377 e. The second kappa shape index (κ2) is 9.01. The number of nitrogens with one attached hydrogen (secondary N) is 3. The Labute approximate surface area is 186 Å². The van der Waals surface area contributed by atoms with Gasteiger partial charge in [-0.05, 0) is 42.2 Å². The molecule has 0 saturated carbocycles. The molecule has 0 bridgehead atoms. The van der Waals surface area contributed by atoms with Crippen molar-refractivity contribution in [2.45, 2.75) is 26.8 Å². The van der Waals surface area contributed by atoms with Crippen LogP contribution in [0.3, 0.4) is 0 Å². The van der Waals surface area contributed by atoms with E-state index in [-0.39, 0.29) is 11.7 Å². The fraction of sp³-hybridized carbons (Fsp3) is 0.200. The Bertz CT molecular complexity index is 1280. The maximum absolute atomic E-state index is 12.1. The standard InChI is InChI=1S/C25H25N5O2/c1-15(2)16(3)27-21-22(24(32)23(21)31)29-20-13-14-26-25(30-20)28-19-11-9-18(10-12-19)17-7-5-4-6-8-17/h4-16,27H,1-3H3,(H2,26,28,29,30). The van der Waals surface area contributed by atoms with Gasteiger partial charge in [-0.3, -0.25) is 9.59 Å². The van der Waals surface area contributed by atoms with Gasteiger partial charge in [-0.25, -0.2) is 4.98 Å². The van der Waals surface area contributed by atoms with Crippen LogP contribution in [0.25, 0.3) is 11.1 Å². The summed E-state index contributed by atoms with van der Waals surface area (Å²) in [6.07, 6.45) is 1.59. The Morgan fingerprint density at radius 3 is 2.09 bits per heavy atom. The van der Waals surface area contributed by atoms with Crippen molar-refractivity contribution in [1.82, 2.24) is 9.97 Å². The summed E-state index contributed by atoms with van der Waals surface area (Å²) in [6, 6.07) is 19.8. The van der Waals surface area contributed by atoms with Gasteiger partial charge in [0.05, 0.1) is 0 Å². The highest BCUT2D eigenvalue weighted by Gasteiger charge is 2.23. The zero-order chi connectivity index (χ0) is 22.7. The molecule has 0 radical (unpaired) electrons. The average Bonchev–Trinajstić information content (AvgIpc) is 2.82. The van der Waals surface area contributed by atoms with E-state index >= 15 is 0 Å². The molecule has 0 fully saturated rings.